The van der Waals surface area contributed by atoms with Crippen molar-refractivity contribution in [1.82, 2.24) is 13.7 Å². The third-order valence-corrected chi connectivity index (χ3v) is 18.2. The van der Waals surface area contributed by atoms with Crippen molar-refractivity contribution in [3.63, 3.8) is 0 Å². The number of hydrogen-bond acceptors (Lipinski definition) is 0. The maximum Gasteiger partial charge on any atom is 0.127 e. The average Bonchev–Trinajstić information content (AvgIpc) is 1.59. The predicted octanol–water partition coefficient (Wildman–Crippen LogP) is 16.4. The minimum Gasteiger partial charge on any atom is -0.458 e. The molecule has 3 aromatic heterocycles. The molecule has 0 aliphatic carbocycles. The van der Waals surface area contributed by atoms with Crippen molar-refractivity contribution in [3.05, 3.63) is 250 Å². The van der Waals surface area contributed by atoms with E-state index >= 15 is 0 Å². The number of imidazole rings is 3. The summed E-state index contributed by atoms with van der Waals surface area (Å²) < 4.78 is 13.6. The molecule has 0 saturated heterocycles. The Morgan fingerprint density at radius 1 is 0.256 bits per heavy atom. The molecule has 0 fully saturated rings. The molecule has 6 atom stereocenters. The summed E-state index contributed by atoms with van der Waals surface area (Å²) in [6.45, 7) is 54.3. The maximum absolute atomic E-state index is 6.90. The number of benzene rings is 6. The van der Waals surface area contributed by atoms with Crippen LogP contribution >= 0.6 is 0 Å². The highest BCUT2D eigenvalue weighted by Gasteiger charge is 2.40. The summed E-state index contributed by atoms with van der Waals surface area (Å²) in [4.78, 5) is 0. The first-order valence-electron chi connectivity index (χ1n) is 32.7. The van der Waals surface area contributed by atoms with Crippen LogP contribution in [0.3, 0.4) is 0 Å². The summed E-state index contributed by atoms with van der Waals surface area (Å²) in [5, 5.41) is 0. The van der Waals surface area contributed by atoms with Crippen LogP contribution < -0.4 is 30.9 Å². The number of aryl methyl sites for hydroxylation is 6. The SMILES string of the molecule is [B-]c1n([C@H](c2ccccc2C)C(C)(C)C)cc[n+]1[C@H](c1ccccc1C)C(C)(C)C.[B-]c1n([C@H](c2ccccc2C)C(C)(C)C)cc[n+]1[C@H](c1ccccc1C)C(C)(C)C.[B-]c1n([C@H](c2ccccc2C)C(C)(C)C)cc[n+]1[C@H](c1ccccc1C)C(C)(C)C. The van der Waals surface area contributed by atoms with Gasteiger partial charge in [0.2, 0.25) is 0 Å². The Morgan fingerprint density at radius 2 is 0.422 bits per heavy atom. The second kappa shape index (κ2) is 27.5. The molecule has 6 nitrogen and oxygen atoms in total. The van der Waals surface area contributed by atoms with Gasteiger partial charge in [0.25, 0.3) is 0 Å². The number of rotatable bonds is 12. The van der Waals surface area contributed by atoms with E-state index in [0.29, 0.717) is 0 Å². The van der Waals surface area contributed by atoms with Crippen LogP contribution in [0, 0.1) is 74.0 Å². The van der Waals surface area contributed by atoms with Crippen molar-refractivity contribution in [2.75, 3.05) is 0 Å². The zero-order chi connectivity index (χ0) is 66.8. The molecule has 9 rings (SSSR count). The zero-order valence-electron chi connectivity index (χ0n) is 59.7. The van der Waals surface area contributed by atoms with E-state index in [2.05, 4.69) is 376 Å². The molecule has 0 spiro atoms. The Kier molecular flexibility index (Phi) is 21.6. The summed E-state index contributed by atoms with van der Waals surface area (Å²) in [5.74, 6) is 0. The van der Waals surface area contributed by atoms with E-state index in [1.807, 2.05) is 0 Å². The summed E-state index contributed by atoms with van der Waals surface area (Å²) in [6.07, 6.45) is 13.0. The van der Waals surface area contributed by atoms with E-state index in [1.54, 1.807) is 0 Å². The molecule has 0 bridgehead atoms. The Bertz CT molecular complexity index is 3210. The van der Waals surface area contributed by atoms with E-state index in [4.69, 9.17) is 23.5 Å². The minimum absolute atomic E-state index is 0.0109. The van der Waals surface area contributed by atoms with Gasteiger partial charge >= 0.3 is 0 Å². The van der Waals surface area contributed by atoms with Crippen LogP contribution in [0.5, 0.6) is 0 Å². The van der Waals surface area contributed by atoms with Gasteiger partial charge < -0.3 is 23.5 Å². The van der Waals surface area contributed by atoms with Gasteiger partial charge in [0.05, 0.1) is 0 Å². The van der Waals surface area contributed by atoms with Crippen molar-refractivity contribution in [2.45, 2.75) is 202 Å². The maximum atomic E-state index is 6.90. The molecule has 6 aromatic carbocycles. The molecule has 9 radical (unpaired) electrons. The molecular weight excluding hydrogens is 1090 g/mol. The second-order valence-electron chi connectivity index (χ2n) is 32.2. The Balaban J connectivity index is 0.000000192. The smallest absolute Gasteiger partial charge is 0.127 e. The van der Waals surface area contributed by atoms with Crippen molar-refractivity contribution in [2.24, 2.45) is 32.5 Å². The molecule has 0 aliphatic rings. The van der Waals surface area contributed by atoms with Crippen LogP contribution in [0.4, 0.5) is 0 Å². The number of aromatic nitrogens is 6. The lowest BCUT2D eigenvalue weighted by Crippen LogP contribution is -2.58. The largest absolute Gasteiger partial charge is 0.458 e. The van der Waals surface area contributed by atoms with E-state index in [0.717, 1.165) is 17.2 Å². The highest BCUT2D eigenvalue weighted by atomic mass is 15.2. The van der Waals surface area contributed by atoms with E-state index in [9.17, 15) is 0 Å². The lowest BCUT2D eigenvalue weighted by molar-refractivity contribution is -0.709. The van der Waals surface area contributed by atoms with Gasteiger partial charge in [-0.05, 0) is 125 Å². The Labute approximate surface area is 549 Å². The molecule has 0 unspecified atom stereocenters. The lowest BCUT2D eigenvalue weighted by Gasteiger charge is -2.35. The quantitative estimate of drug-likeness (QED) is 0.0861. The number of hydrogen-bond donors (Lipinski definition) is 0. The third kappa shape index (κ3) is 15.7. The second-order valence-corrected chi connectivity index (χ2v) is 32.2. The minimum atomic E-state index is 0.0109. The standard InChI is InChI=1S/3C27H36BN2/c3*1-19-13-9-11-15-21(19)23(26(3,4)5)29-17-18-30(25(29)28)24(27(6,7)8)22-16-12-10-14-20(22)2/h3*9-18,23-24H,1-8H3/t3*23-,24-/m111/s1. The molecule has 0 amide bonds. The molecule has 0 saturated carbocycles. The fraction of sp³-hybridized carbons (Fsp3) is 0.444. The molecule has 471 valence electrons. The Morgan fingerprint density at radius 3 is 0.578 bits per heavy atom. The summed E-state index contributed by atoms with van der Waals surface area (Å²) >= 11 is 0. The first-order valence-corrected chi connectivity index (χ1v) is 32.7. The van der Waals surface area contributed by atoms with Gasteiger partial charge in [0.1, 0.15) is 73.4 Å². The highest BCUT2D eigenvalue weighted by Crippen LogP contribution is 2.42. The summed E-state index contributed by atoms with van der Waals surface area (Å²) in [6, 6.07) is 52.8. The van der Waals surface area contributed by atoms with Crippen molar-refractivity contribution in [1.29, 1.82) is 0 Å². The zero-order valence-corrected chi connectivity index (χ0v) is 59.7. The average molecular weight is 1200 g/mol. The van der Waals surface area contributed by atoms with Crippen LogP contribution in [0.2, 0.25) is 0 Å². The van der Waals surface area contributed by atoms with E-state index in [1.165, 1.54) is 66.8 Å². The predicted molar refractivity (Wildman–Crippen MR) is 383 cm³/mol. The summed E-state index contributed by atoms with van der Waals surface area (Å²) in [7, 11) is 20.7. The molecule has 0 aliphatic heterocycles. The van der Waals surface area contributed by atoms with Crippen LogP contribution in [0.25, 0.3) is 0 Å². The van der Waals surface area contributed by atoms with Crippen molar-refractivity contribution in [3.8, 4) is 0 Å². The van der Waals surface area contributed by atoms with Crippen molar-refractivity contribution >= 4 is 40.7 Å². The van der Waals surface area contributed by atoms with E-state index in [-0.39, 0.29) is 68.7 Å². The molecule has 3 heterocycles. The topological polar surface area (TPSA) is 26.4 Å². The van der Waals surface area contributed by atoms with E-state index < -0.39 is 0 Å². The molecule has 9 aromatic rings. The van der Waals surface area contributed by atoms with Crippen LogP contribution in [0.15, 0.2) is 183 Å². The van der Waals surface area contributed by atoms with Crippen LogP contribution in [-0.4, -0.2) is 37.2 Å². The molecule has 0 N–H and O–H groups in total. The van der Waals surface area contributed by atoms with Crippen LogP contribution in [-0.2, 0) is 0 Å². The van der Waals surface area contributed by atoms with Gasteiger partial charge in [0.15, 0.2) is 0 Å². The first kappa shape index (κ1) is 70.6. The molecular formula is C81H108B3N6. The van der Waals surface area contributed by atoms with Gasteiger partial charge in [-0.2, -0.15) is 0 Å². The molecule has 90 heavy (non-hydrogen) atoms. The van der Waals surface area contributed by atoms with Gasteiger partial charge in [-0.1, -0.05) is 270 Å². The normalized spacial score (nSPS) is 14.6. The lowest BCUT2D eigenvalue weighted by atomic mass is 9.79. The number of nitrogens with zero attached hydrogens (tertiary/aromatic N) is 6. The molecule has 9 heteroatoms. The highest BCUT2D eigenvalue weighted by molar-refractivity contribution is 6.28. The third-order valence-electron chi connectivity index (χ3n) is 18.2. The fourth-order valence-electron chi connectivity index (χ4n) is 14.2. The first-order chi connectivity index (χ1) is 41.8. The Hall–Kier alpha value is -6.86. The summed E-state index contributed by atoms with van der Waals surface area (Å²) in [5.41, 5.74) is 18.1. The monoisotopic (exact) mass is 1200 g/mol. The van der Waals surface area contributed by atoms with Crippen LogP contribution in [0.1, 0.15) is 228 Å². The van der Waals surface area contributed by atoms with Gasteiger partial charge in [-0.25, -0.2) is 0 Å². The van der Waals surface area contributed by atoms with Gasteiger partial charge in [-0.15, -0.1) is 0 Å². The fourth-order valence-corrected chi connectivity index (χ4v) is 14.2. The van der Waals surface area contributed by atoms with Gasteiger partial charge in [-0.3, -0.25) is 27.4 Å². The van der Waals surface area contributed by atoms with Gasteiger partial charge in [0, 0.05) is 32.5 Å². The van der Waals surface area contributed by atoms with Crippen molar-refractivity contribution < 1.29 is 13.7 Å².